The lowest BCUT2D eigenvalue weighted by molar-refractivity contribution is -0.128. The van der Waals surface area contributed by atoms with Gasteiger partial charge in [-0.2, -0.15) is 0 Å². The first kappa shape index (κ1) is 16.6. The highest BCUT2D eigenvalue weighted by Gasteiger charge is 2.59. The number of rotatable bonds is 3. The largest absolute Gasteiger partial charge is 0.336 e. The molecule has 2 aromatic carbocycles. The van der Waals surface area contributed by atoms with Crippen LogP contribution in [0.3, 0.4) is 0 Å². The molecule has 1 heterocycles. The molecule has 1 unspecified atom stereocenters. The normalized spacial score (nSPS) is 24.7. The number of hydrogen-bond acceptors (Lipinski definition) is 1. The molecule has 2 nitrogen and oxygen atoms in total. The molecule has 5 heteroatoms. The van der Waals surface area contributed by atoms with Crippen LogP contribution < -0.4 is 0 Å². The Morgan fingerprint density at radius 2 is 1.52 bits per heavy atom. The van der Waals surface area contributed by atoms with E-state index in [0.717, 1.165) is 11.1 Å². The molecule has 1 aliphatic rings. The minimum absolute atomic E-state index is 0.276. The molecule has 1 amide bonds. The van der Waals surface area contributed by atoms with Gasteiger partial charge in [-0.15, -0.1) is 11.6 Å². The first-order valence-electron chi connectivity index (χ1n) is 7.33. The van der Waals surface area contributed by atoms with Crippen molar-refractivity contribution in [1.29, 1.82) is 0 Å². The molecular formula is C18H16Cl3NO. The first-order valence-corrected chi connectivity index (χ1v) is 8.53. The molecule has 1 saturated heterocycles. The second-order valence-electron chi connectivity index (χ2n) is 5.73. The summed E-state index contributed by atoms with van der Waals surface area (Å²) in [6, 6.07) is 19.0. The van der Waals surface area contributed by atoms with Crippen LogP contribution in [0.5, 0.6) is 0 Å². The molecule has 3 atom stereocenters. The molecular weight excluding hydrogens is 353 g/mol. The average molecular weight is 369 g/mol. The van der Waals surface area contributed by atoms with Crippen LogP contribution in [0.25, 0.3) is 0 Å². The lowest BCUT2D eigenvalue weighted by Crippen LogP contribution is -2.32. The maximum Gasteiger partial charge on any atom is 0.259 e. The summed E-state index contributed by atoms with van der Waals surface area (Å²) in [6.07, 6.45) is 0. The number of carbonyl (C=O) groups excluding carboxylic acids is 1. The Morgan fingerprint density at radius 1 is 1.00 bits per heavy atom. The minimum atomic E-state index is -1.56. The third kappa shape index (κ3) is 2.84. The number of carbonyl (C=O) groups is 1. The summed E-state index contributed by atoms with van der Waals surface area (Å²) >= 11 is 19.6. The molecule has 3 rings (SSSR count). The van der Waals surface area contributed by atoms with Gasteiger partial charge in [0.2, 0.25) is 4.33 Å². The van der Waals surface area contributed by atoms with Gasteiger partial charge in [-0.05, 0) is 11.1 Å². The van der Waals surface area contributed by atoms with Crippen molar-refractivity contribution in [3.63, 3.8) is 0 Å². The fourth-order valence-electron chi connectivity index (χ4n) is 3.21. The maximum absolute atomic E-state index is 12.6. The van der Waals surface area contributed by atoms with Crippen LogP contribution >= 0.6 is 34.8 Å². The van der Waals surface area contributed by atoms with Crippen LogP contribution in [-0.4, -0.2) is 22.2 Å². The van der Waals surface area contributed by atoms with Gasteiger partial charge in [-0.25, -0.2) is 0 Å². The lowest BCUT2D eigenvalue weighted by atomic mass is 9.87. The van der Waals surface area contributed by atoms with Crippen LogP contribution in [0.4, 0.5) is 0 Å². The van der Waals surface area contributed by atoms with Crippen molar-refractivity contribution < 1.29 is 4.79 Å². The van der Waals surface area contributed by atoms with E-state index in [9.17, 15) is 4.79 Å². The smallest absolute Gasteiger partial charge is 0.259 e. The van der Waals surface area contributed by atoms with Crippen LogP contribution in [0.15, 0.2) is 60.7 Å². The van der Waals surface area contributed by atoms with E-state index in [1.807, 2.05) is 60.7 Å². The Labute approximate surface area is 151 Å². The van der Waals surface area contributed by atoms with E-state index >= 15 is 0 Å². The SMILES string of the molecule is CN1C(=O)C(Cl)(Cl)C([C@@H](Cl)c2ccccc2)[C@H]1c1ccccc1. The van der Waals surface area contributed by atoms with Gasteiger partial charge >= 0.3 is 0 Å². The number of amides is 1. The van der Waals surface area contributed by atoms with Gasteiger partial charge in [0.1, 0.15) is 0 Å². The number of hydrogen-bond donors (Lipinski definition) is 0. The summed E-state index contributed by atoms with van der Waals surface area (Å²) in [6.45, 7) is 0. The van der Waals surface area contributed by atoms with Gasteiger partial charge in [-0.3, -0.25) is 4.79 Å². The molecule has 120 valence electrons. The predicted octanol–water partition coefficient (Wildman–Crippen LogP) is 4.97. The van der Waals surface area contributed by atoms with Gasteiger partial charge in [0, 0.05) is 13.0 Å². The van der Waals surface area contributed by atoms with Crippen molar-refractivity contribution >= 4 is 40.7 Å². The van der Waals surface area contributed by atoms with Crippen molar-refractivity contribution in [2.45, 2.75) is 15.8 Å². The second-order valence-corrected chi connectivity index (χ2v) is 7.59. The number of alkyl halides is 3. The molecule has 0 N–H and O–H groups in total. The Balaban J connectivity index is 2.08. The van der Waals surface area contributed by atoms with Gasteiger partial charge in [0.25, 0.3) is 5.91 Å². The number of likely N-dealkylation sites (tertiary alicyclic amines) is 1. The van der Waals surface area contributed by atoms with Crippen molar-refractivity contribution in [3.8, 4) is 0 Å². The summed E-state index contributed by atoms with van der Waals surface area (Å²) in [5.41, 5.74) is 1.87. The summed E-state index contributed by atoms with van der Waals surface area (Å²) in [4.78, 5) is 14.2. The highest BCUT2D eigenvalue weighted by atomic mass is 35.5. The summed E-state index contributed by atoms with van der Waals surface area (Å²) in [5.74, 6) is -0.781. The van der Waals surface area contributed by atoms with Crippen LogP contribution in [0.1, 0.15) is 22.5 Å². The molecule has 0 spiro atoms. The molecule has 2 aromatic rings. The van der Waals surface area contributed by atoms with Gasteiger partial charge < -0.3 is 4.90 Å². The summed E-state index contributed by atoms with van der Waals surface area (Å²) in [5, 5.41) is -0.481. The summed E-state index contributed by atoms with van der Waals surface area (Å²) in [7, 11) is 1.72. The molecule has 0 aromatic heterocycles. The zero-order valence-corrected chi connectivity index (χ0v) is 14.8. The number of benzene rings is 2. The zero-order chi connectivity index (χ0) is 16.6. The highest BCUT2D eigenvalue weighted by molar-refractivity contribution is 6.59. The molecule has 0 aliphatic carbocycles. The number of nitrogens with zero attached hydrogens (tertiary/aromatic N) is 1. The molecule has 1 fully saturated rings. The van der Waals surface area contributed by atoms with Gasteiger partial charge in [0.05, 0.1) is 11.4 Å². The van der Waals surface area contributed by atoms with E-state index in [0.29, 0.717) is 0 Å². The predicted molar refractivity (Wildman–Crippen MR) is 94.9 cm³/mol. The second kappa shape index (κ2) is 6.35. The van der Waals surface area contributed by atoms with E-state index < -0.39 is 15.6 Å². The van der Waals surface area contributed by atoms with Crippen molar-refractivity contribution in [3.05, 3.63) is 71.8 Å². The van der Waals surface area contributed by atoms with Crippen LogP contribution in [-0.2, 0) is 4.79 Å². The number of halogens is 3. The maximum atomic E-state index is 12.6. The first-order chi connectivity index (χ1) is 10.9. The van der Waals surface area contributed by atoms with E-state index in [4.69, 9.17) is 34.8 Å². The van der Waals surface area contributed by atoms with Crippen molar-refractivity contribution in [2.24, 2.45) is 5.92 Å². The highest BCUT2D eigenvalue weighted by Crippen LogP contribution is 2.56. The van der Waals surface area contributed by atoms with E-state index in [-0.39, 0.29) is 11.9 Å². The standard InChI is InChI=1S/C18H16Cl3NO/c1-22-16(13-10-6-3-7-11-13)14(18(20,21)17(22)23)15(19)12-8-4-2-5-9-12/h2-11,14-16H,1H3/t14?,15-,16+/m0/s1. The molecule has 23 heavy (non-hydrogen) atoms. The average Bonchev–Trinajstić information content (AvgIpc) is 2.76. The fourth-order valence-corrected chi connectivity index (χ4v) is 4.57. The Bertz CT molecular complexity index is 690. The van der Waals surface area contributed by atoms with E-state index in [1.54, 1.807) is 11.9 Å². The fraction of sp³-hybridized carbons (Fsp3) is 0.278. The lowest BCUT2D eigenvalue weighted by Gasteiger charge is -2.30. The van der Waals surface area contributed by atoms with Gasteiger partial charge in [-0.1, -0.05) is 83.9 Å². The van der Waals surface area contributed by atoms with E-state index in [1.165, 1.54) is 0 Å². The molecule has 1 aliphatic heterocycles. The Morgan fingerprint density at radius 3 is 2.09 bits per heavy atom. The van der Waals surface area contributed by atoms with E-state index in [2.05, 4.69) is 0 Å². The molecule has 0 bridgehead atoms. The zero-order valence-electron chi connectivity index (χ0n) is 12.5. The Hall–Kier alpha value is -1.22. The third-order valence-electron chi connectivity index (χ3n) is 4.36. The monoisotopic (exact) mass is 367 g/mol. The quantitative estimate of drug-likeness (QED) is 0.700. The summed E-state index contributed by atoms with van der Waals surface area (Å²) < 4.78 is -1.56. The van der Waals surface area contributed by atoms with Crippen molar-refractivity contribution in [2.75, 3.05) is 7.05 Å². The van der Waals surface area contributed by atoms with Gasteiger partial charge in [0.15, 0.2) is 0 Å². The molecule has 0 radical (unpaired) electrons. The van der Waals surface area contributed by atoms with Crippen LogP contribution in [0, 0.1) is 5.92 Å². The van der Waals surface area contributed by atoms with Crippen LogP contribution in [0.2, 0.25) is 0 Å². The topological polar surface area (TPSA) is 20.3 Å². The Kier molecular flexibility index (Phi) is 4.59. The third-order valence-corrected chi connectivity index (χ3v) is 5.71. The molecule has 0 saturated carbocycles. The van der Waals surface area contributed by atoms with Crippen molar-refractivity contribution in [1.82, 2.24) is 4.90 Å². The minimum Gasteiger partial charge on any atom is -0.336 e.